The summed E-state index contributed by atoms with van der Waals surface area (Å²) in [6, 6.07) is 16.9. The number of carbonyl (C=O) groups is 1. The van der Waals surface area contributed by atoms with E-state index in [-0.39, 0.29) is 5.56 Å². The van der Waals surface area contributed by atoms with Gasteiger partial charge in [-0.3, -0.25) is 4.79 Å². The normalized spacial score (nSPS) is 10.7. The lowest BCUT2D eigenvalue weighted by Gasteiger charge is -2.18. The lowest BCUT2D eigenvalue weighted by atomic mass is 10.00. The third-order valence-corrected chi connectivity index (χ3v) is 4.44. The van der Waals surface area contributed by atoms with E-state index in [0.717, 1.165) is 5.56 Å². The van der Waals surface area contributed by atoms with Crippen molar-refractivity contribution in [3.8, 4) is 0 Å². The van der Waals surface area contributed by atoms with Crippen LogP contribution >= 0.6 is 0 Å². The first-order valence-corrected chi connectivity index (χ1v) is 8.55. The van der Waals surface area contributed by atoms with Crippen LogP contribution in [0.25, 0.3) is 10.8 Å². The summed E-state index contributed by atoms with van der Waals surface area (Å²) in [4.78, 5) is 25.7. The van der Waals surface area contributed by atoms with E-state index >= 15 is 0 Å². The van der Waals surface area contributed by atoms with Crippen molar-refractivity contribution in [2.24, 2.45) is 0 Å². The molecule has 1 heterocycles. The summed E-state index contributed by atoms with van der Waals surface area (Å²) in [6.45, 7) is 4.17. The maximum atomic E-state index is 13.2. The highest BCUT2D eigenvalue weighted by Crippen LogP contribution is 2.23. The topological polar surface area (TPSA) is 48.3 Å². The summed E-state index contributed by atoms with van der Waals surface area (Å²) in [5, 5.41) is 1.15. The molecule has 0 saturated heterocycles. The Labute approximate surface area is 152 Å². The van der Waals surface area contributed by atoms with Crippen molar-refractivity contribution in [3.63, 3.8) is 0 Å². The molecule has 0 aliphatic rings. The third kappa shape index (κ3) is 3.31. The Balaban J connectivity index is 2.33. The van der Waals surface area contributed by atoms with Crippen molar-refractivity contribution >= 4 is 16.7 Å². The van der Waals surface area contributed by atoms with Crippen molar-refractivity contribution < 1.29 is 9.53 Å². The third-order valence-electron chi connectivity index (χ3n) is 4.44. The van der Waals surface area contributed by atoms with E-state index in [2.05, 4.69) is 6.58 Å². The van der Waals surface area contributed by atoms with E-state index < -0.39 is 5.97 Å². The van der Waals surface area contributed by atoms with Gasteiger partial charge in [0.25, 0.3) is 5.56 Å². The van der Waals surface area contributed by atoms with Crippen molar-refractivity contribution in [3.05, 3.63) is 94.4 Å². The summed E-state index contributed by atoms with van der Waals surface area (Å²) in [6.07, 6.45) is 2.99. The molecule has 0 radical (unpaired) electrons. The van der Waals surface area contributed by atoms with Crippen LogP contribution in [0.5, 0.6) is 0 Å². The molecule has 0 bridgehead atoms. The molecule has 0 atom stereocenters. The fourth-order valence-electron chi connectivity index (χ4n) is 3.21. The molecule has 0 spiro atoms. The maximum Gasteiger partial charge on any atom is 0.340 e. The summed E-state index contributed by atoms with van der Waals surface area (Å²) in [5.41, 5.74) is 2.04. The van der Waals surface area contributed by atoms with Crippen molar-refractivity contribution in [1.29, 1.82) is 0 Å². The summed E-state index contributed by atoms with van der Waals surface area (Å²) < 4.78 is 6.72. The summed E-state index contributed by atoms with van der Waals surface area (Å²) in [5.74, 6) is -0.429. The minimum atomic E-state index is -0.429. The summed E-state index contributed by atoms with van der Waals surface area (Å²) in [7, 11) is 1.36. The van der Waals surface area contributed by atoms with Gasteiger partial charge in [0.05, 0.1) is 19.2 Å². The van der Waals surface area contributed by atoms with Gasteiger partial charge in [-0.25, -0.2) is 4.79 Å². The van der Waals surface area contributed by atoms with Crippen LogP contribution in [0.4, 0.5) is 0 Å². The number of rotatable bonds is 6. The smallest absolute Gasteiger partial charge is 0.340 e. The molecule has 0 amide bonds. The van der Waals surface area contributed by atoms with Gasteiger partial charge in [0.2, 0.25) is 0 Å². The van der Waals surface area contributed by atoms with E-state index in [1.165, 1.54) is 7.11 Å². The highest BCUT2D eigenvalue weighted by Gasteiger charge is 2.21. The Morgan fingerprint density at radius 2 is 1.73 bits per heavy atom. The number of esters is 1. The number of carbonyl (C=O) groups excluding carboxylic acids is 1. The van der Waals surface area contributed by atoms with Gasteiger partial charge in [-0.1, -0.05) is 54.6 Å². The Morgan fingerprint density at radius 3 is 2.38 bits per heavy atom. The molecule has 2 aromatic carbocycles. The fraction of sp³-hybridized carbons (Fsp3) is 0.182. The number of ether oxygens (including phenoxy) is 1. The monoisotopic (exact) mass is 347 g/mol. The number of aromatic nitrogens is 1. The lowest BCUT2D eigenvalue weighted by Crippen LogP contribution is -2.28. The standard InChI is InChI=1S/C22H21NO3/c1-3-4-14-19-20(22(25)26-2)17-12-8-9-13-18(17)21(24)23(19)15-16-10-6-5-7-11-16/h3,5-13H,1,4,14-15H2,2H3. The van der Waals surface area contributed by atoms with Gasteiger partial charge >= 0.3 is 5.97 Å². The van der Waals surface area contributed by atoms with Crippen molar-refractivity contribution in [2.75, 3.05) is 7.11 Å². The molecule has 4 nitrogen and oxygen atoms in total. The maximum absolute atomic E-state index is 13.2. The van der Waals surface area contributed by atoms with Gasteiger partial charge in [0.1, 0.15) is 0 Å². The van der Waals surface area contributed by atoms with Crippen LogP contribution in [0.15, 0.2) is 72.0 Å². The fourth-order valence-corrected chi connectivity index (χ4v) is 3.21. The minimum Gasteiger partial charge on any atom is -0.465 e. The molecule has 4 heteroatoms. The SMILES string of the molecule is C=CCCc1c(C(=O)OC)c2ccccc2c(=O)n1Cc1ccccc1. The average Bonchev–Trinajstić information content (AvgIpc) is 2.69. The number of allylic oxidation sites excluding steroid dienone is 1. The van der Waals surface area contributed by atoms with Crippen LogP contribution in [0.1, 0.15) is 28.0 Å². The average molecular weight is 347 g/mol. The zero-order valence-corrected chi connectivity index (χ0v) is 14.8. The van der Waals surface area contributed by atoms with Gasteiger partial charge in [0, 0.05) is 16.5 Å². The van der Waals surface area contributed by atoms with E-state index in [4.69, 9.17) is 4.74 Å². The highest BCUT2D eigenvalue weighted by molar-refractivity contribution is 6.05. The predicted octanol–water partition coefficient (Wildman–Crippen LogP) is 3.96. The van der Waals surface area contributed by atoms with E-state index in [1.54, 1.807) is 28.8 Å². The Kier molecular flexibility index (Phi) is 5.32. The molecule has 3 rings (SSSR count). The molecule has 0 aliphatic carbocycles. The van der Waals surface area contributed by atoms with Crippen LogP contribution in [0.2, 0.25) is 0 Å². The zero-order valence-electron chi connectivity index (χ0n) is 14.8. The molecule has 26 heavy (non-hydrogen) atoms. The van der Waals surface area contributed by atoms with E-state index in [1.807, 2.05) is 36.4 Å². The zero-order chi connectivity index (χ0) is 18.5. The number of pyridine rings is 1. The molecule has 0 N–H and O–H groups in total. The van der Waals surface area contributed by atoms with Crippen LogP contribution in [0, 0.1) is 0 Å². The second-order valence-electron chi connectivity index (χ2n) is 6.06. The van der Waals surface area contributed by atoms with Gasteiger partial charge in [-0.2, -0.15) is 0 Å². The molecule has 132 valence electrons. The van der Waals surface area contributed by atoms with Crippen molar-refractivity contribution in [1.82, 2.24) is 4.57 Å². The number of benzene rings is 2. The van der Waals surface area contributed by atoms with E-state index in [0.29, 0.717) is 41.4 Å². The minimum absolute atomic E-state index is 0.101. The predicted molar refractivity (Wildman–Crippen MR) is 104 cm³/mol. The van der Waals surface area contributed by atoms with Gasteiger partial charge in [-0.05, 0) is 24.5 Å². The van der Waals surface area contributed by atoms with Gasteiger partial charge < -0.3 is 9.30 Å². The number of nitrogens with zero attached hydrogens (tertiary/aromatic N) is 1. The van der Waals surface area contributed by atoms with Gasteiger partial charge in [0.15, 0.2) is 0 Å². The molecular formula is C22H21NO3. The second-order valence-corrected chi connectivity index (χ2v) is 6.06. The molecule has 0 fully saturated rings. The first-order chi connectivity index (χ1) is 12.7. The van der Waals surface area contributed by atoms with Crippen molar-refractivity contribution in [2.45, 2.75) is 19.4 Å². The molecule has 1 aromatic heterocycles. The first-order valence-electron chi connectivity index (χ1n) is 8.55. The number of hydrogen-bond donors (Lipinski definition) is 0. The number of methoxy groups -OCH3 is 1. The van der Waals surface area contributed by atoms with Gasteiger partial charge in [-0.15, -0.1) is 6.58 Å². The molecular weight excluding hydrogens is 326 g/mol. The van der Waals surface area contributed by atoms with Crippen LogP contribution in [-0.2, 0) is 17.7 Å². The largest absolute Gasteiger partial charge is 0.465 e. The second kappa shape index (κ2) is 7.83. The highest BCUT2D eigenvalue weighted by atomic mass is 16.5. The number of fused-ring (bicyclic) bond motifs is 1. The lowest BCUT2D eigenvalue weighted by molar-refractivity contribution is 0.0600. The Hall–Kier alpha value is -3.14. The molecule has 0 saturated carbocycles. The quantitative estimate of drug-likeness (QED) is 0.501. The molecule has 0 unspecified atom stereocenters. The van der Waals surface area contributed by atoms with E-state index in [9.17, 15) is 9.59 Å². The summed E-state index contributed by atoms with van der Waals surface area (Å²) >= 11 is 0. The molecule has 0 aliphatic heterocycles. The first kappa shape index (κ1) is 17.7. The Bertz CT molecular complexity index is 1000. The number of hydrogen-bond acceptors (Lipinski definition) is 3. The Morgan fingerprint density at radius 1 is 1.08 bits per heavy atom. The van der Waals surface area contributed by atoms with Crippen LogP contribution in [0.3, 0.4) is 0 Å². The van der Waals surface area contributed by atoms with Crippen LogP contribution in [-0.4, -0.2) is 17.6 Å². The molecule has 3 aromatic rings. The van der Waals surface area contributed by atoms with Crippen LogP contribution < -0.4 is 5.56 Å².